The fraction of sp³-hybridized carbons (Fsp3) is 0.500. The Morgan fingerprint density at radius 1 is 0.885 bits per heavy atom. The number of hydrogen-bond acceptors (Lipinski definition) is 6. The van der Waals surface area contributed by atoms with Gasteiger partial charge in [-0.3, -0.25) is 9.59 Å². The molecular weight excluding hydrogens is 336 g/mol. The first kappa shape index (κ1) is 19.8. The highest BCUT2D eigenvalue weighted by molar-refractivity contribution is 6.26. The highest BCUT2D eigenvalue weighted by Crippen LogP contribution is 2.46. The summed E-state index contributed by atoms with van der Waals surface area (Å²) in [6.45, 7) is 6.40. The van der Waals surface area contributed by atoms with Gasteiger partial charge in [-0.15, -0.1) is 0 Å². The van der Waals surface area contributed by atoms with Gasteiger partial charge < -0.3 is 19.7 Å². The molecule has 0 fully saturated rings. The molecular formula is C20H26O6. The average Bonchev–Trinajstić information content (AvgIpc) is 2.62. The maximum Gasteiger partial charge on any atom is 0.232 e. The van der Waals surface area contributed by atoms with Crippen LogP contribution in [0, 0.1) is 0 Å². The van der Waals surface area contributed by atoms with Crippen LogP contribution in [0.3, 0.4) is 0 Å². The van der Waals surface area contributed by atoms with E-state index in [2.05, 4.69) is 0 Å². The first-order valence-electron chi connectivity index (χ1n) is 9.14. The second kappa shape index (κ2) is 8.74. The van der Waals surface area contributed by atoms with Crippen LogP contribution in [0.25, 0.3) is 0 Å². The minimum atomic E-state index is -0.619. The number of carbonyl (C=O) groups excluding carboxylic acids is 2. The third kappa shape index (κ3) is 3.69. The normalized spacial score (nSPS) is 13.4. The van der Waals surface area contributed by atoms with E-state index in [0.717, 1.165) is 31.8 Å². The largest absolute Gasteiger partial charge is 0.507 e. The molecule has 0 atom stereocenters. The molecule has 6 heteroatoms. The standard InChI is InChI=1S/C20H26O6/c1-4-7-9-25-14-11-13(21)15-16(18(14)23)19(24)20(26-10-8-5-2)12(6-3)17(15)22/h11,22,24H,4-10H2,1-3H3. The number of phenolic OH excluding ortho intramolecular Hbond substituents is 2. The zero-order valence-corrected chi connectivity index (χ0v) is 15.6. The average molecular weight is 362 g/mol. The number of ether oxygens (including phenoxy) is 2. The number of benzene rings is 1. The molecule has 0 bridgehead atoms. The van der Waals surface area contributed by atoms with Gasteiger partial charge in [0.15, 0.2) is 23.0 Å². The van der Waals surface area contributed by atoms with Crippen LogP contribution in [0.15, 0.2) is 11.8 Å². The SMILES string of the molecule is CCCCOC1=CC(=O)c2c(O)c(CC)c(OCCCC)c(O)c2C1=O. The maximum atomic E-state index is 12.7. The fourth-order valence-corrected chi connectivity index (χ4v) is 2.83. The molecule has 0 saturated carbocycles. The van der Waals surface area contributed by atoms with Gasteiger partial charge in [0.25, 0.3) is 0 Å². The maximum absolute atomic E-state index is 12.7. The van der Waals surface area contributed by atoms with E-state index in [1.165, 1.54) is 0 Å². The first-order valence-corrected chi connectivity index (χ1v) is 9.14. The van der Waals surface area contributed by atoms with Crippen LogP contribution in [-0.4, -0.2) is 35.0 Å². The Morgan fingerprint density at radius 3 is 2.08 bits per heavy atom. The lowest BCUT2D eigenvalue weighted by Crippen LogP contribution is -2.20. The Balaban J connectivity index is 2.51. The molecule has 0 amide bonds. The second-order valence-corrected chi connectivity index (χ2v) is 6.21. The van der Waals surface area contributed by atoms with Gasteiger partial charge in [-0.25, -0.2) is 0 Å². The summed E-state index contributed by atoms with van der Waals surface area (Å²) in [5.41, 5.74) is -0.109. The van der Waals surface area contributed by atoms with Crippen LogP contribution >= 0.6 is 0 Å². The number of rotatable bonds is 9. The van der Waals surface area contributed by atoms with Crippen molar-refractivity contribution in [2.75, 3.05) is 13.2 Å². The van der Waals surface area contributed by atoms with E-state index in [4.69, 9.17) is 9.47 Å². The van der Waals surface area contributed by atoms with Gasteiger partial charge in [-0.2, -0.15) is 0 Å². The van der Waals surface area contributed by atoms with Crippen LogP contribution in [0.2, 0.25) is 0 Å². The Morgan fingerprint density at radius 2 is 1.50 bits per heavy atom. The van der Waals surface area contributed by atoms with Gasteiger partial charge in [-0.05, 0) is 19.3 Å². The van der Waals surface area contributed by atoms with Crippen molar-refractivity contribution in [2.45, 2.75) is 52.9 Å². The third-order valence-corrected chi connectivity index (χ3v) is 4.31. The fourth-order valence-electron chi connectivity index (χ4n) is 2.83. The first-order chi connectivity index (χ1) is 12.5. The zero-order chi connectivity index (χ0) is 19.3. The van der Waals surface area contributed by atoms with E-state index in [1.54, 1.807) is 6.92 Å². The number of aromatic hydroxyl groups is 2. The predicted molar refractivity (Wildman–Crippen MR) is 97.2 cm³/mol. The van der Waals surface area contributed by atoms with E-state index >= 15 is 0 Å². The summed E-state index contributed by atoms with van der Waals surface area (Å²) in [6, 6.07) is 0. The van der Waals surface area contributed by atoms with Crippen LogP contribution in [0.1, 0.15) is 72.7 Å². The Hall–Kier alpha value is -2.50. The van der Waals surface area contributed by atoms with Crippen molar-refractivity contribution in [1.82, 2.24) is 0 Å². The quantitative estimate of drug-likeness (QED) is 0.511. The molecule has 0 unspecified atom stereocenters. The summed E-state index contributed by atoms with van der Waals surface area (Å²) < 4.78 is 11.0. The summed E-state index contributed by atoms with van der Waals surface area (Å²) in [5, 5.41) is 21.2. The number of fused-ring (bicyclic) bond motifs is 1. The number of hydrogen-bond donors (Lipinski definition) is 2. The lowest BCUT2D eigenvalue weighted by Gasteiger charge is -2.22. The summed E-state index contributed by atoms with van der Waals surface area (Å²) in [7, 11) is 0. The molecule has 1 aliphatic rings. The summed E-state index contributed by atoms with van der Waals surface area (Å²) >= 11 is 0. The van der Waals surface area contributed by atoms with Crippen LogP contribution in [0.4, 0.5) is 0 Å². The molecule has 0 aliphatic heterocycles. The topological polar surface area (TPSA) is 93.1 Å². The molecule has 0 radical (unpaired) electrons. The van der Waals surface area contributed by atoms with Crippen LogP contribution in [0.5, 0.6) is 17.2 Å². The van der Waals surface area contributed by atoms with Gasteiger partial charge in [0, 0.05) is 11.6 Å². The molecule has 1 aromatic carbocycles. The van der Waals surface area contributed by atoms with E-state index in [1.807, 2.05) is 13.8 Å². The van der Waals surface area contributed by atoms with Crippen LogP contribution in [-0.2, 0) is 11.2 Å². The van der Waals surface area contributed by atoms with Gasteiger partial charge in [-0.1, -0.05) is 33.6 Å². The molecule has 142 valence electrons. The smallest absolute Gasteiger partial charge is 0.232 e. The number of ketones is 2. The van der Waals surface area contributed by atoms with Crippen molar-refractivity contribution in [3.8, 4) is 17.2 Å². The van der Waals surface area contributed by atoms with Gasteiger partial charge in [0.1, 0.15) is 5.75 Å². The monoisotopic (exact) mass is 362 g/mol. The highest BCUT2D eigenvalue weighted by atomic mass is 16.5. The van der Waals surface area contributed by atoms with Crippen molar-refractivity contribution in [1.29, 1.82) is 0 Å². The van der Waals surface area contributed by atoms with Crippen LogP contribution < -0.4 is 4.74 Å². The number of Topliss-reactive ketones (excluding diaryl/α,β-unsaturated/α-hetero) is 1. The Kier molecular flexibility index (Phi) is 6.66. The van der Waals surface area contributed by atoms with E-state index < -0.39 is 17.3 Å². The number of unbranched alkanes of at least 4 members (excludes halogenated alkanes) is 2. The second-order valence-electron chi connectivity index (χ2n) is 6.21. The third-order valence-electron chi connectivity index (χ3n) is 4.31. The van der Waals surface area contributed by atoms with Crippen molar-refractivity contribution >= 4 is 11.6 Å². The number of carbonyl (C=O) groups is 2. The minimum absolute atomic E-state index is 0.0631. The zero-order valence-electron chi connectivity index (χ0n) is 15.6. The molecule has 6 nitrogen and oxygen atoms in total. The molecule has 1 aliphatic carbocycles. The van der Waals surface area contributed by atoms with Gasteiger partial charge >= 0.3 is 0 Å². The Labute approximate surface area is 153 Å². The molecule has 1 aromatic rings. The molecule has 0 aromatic heterocycles. The minimum Gasteiger partial charge on any atom is -0.507 e. The van der Waals surface area contributed by atoms with Crippen molar-refractivity contribution < 1.29 is 29.3 Å². The van der Waals surface area contributed by atoms with E-state index in [-0.39, 0.29) is 28.4 Å². The lowest BCUT2D eigenvalue weighted by molar-refractivity contribution is 0.0875. The van der Waals surface area contributed by atoms with E-state index in [0.29, 0.717) is 25.2 Å². The summed E-state index contributed by atoms with van der Waals surface area (Å²) in [4.78, 5) is 25.2. The van der Waals surface area contributed by atoms with Crippen molar-refractivity contribution in [3.05, 3.63) is 28.5 Å². The molecule has 0 heterocycles. The highest BCUT2D eigenvalue weighted by Gasteiger charge is 2.36. The molecule has 2 N–H and O–H groups in total. The predicted octanol–water partition coefficient (Wildman–Crippen LogP) is 3.92. The van der Waals surface area contributed by atoms with E-state index in [9.17, 15) is 19.8 Å². The van der Waals surface area contributed by atoms with Gasteiger partial charge in [0.2, 0.25) is 5.78 Å². The lowest BCUT2D eigenvalue weighted by atomic mass is 9.88. The number of phenols is 2. The Bertz CT molecular complexity index is 733. The molecule has 26 heavy (non-hydrogen) atoms. The molecule has 2 rings (SSSR count). The molecule has 0 spiro atoms. The number of allylic oxidation sites excluding steroid dienone is 2. The summed E-state index contributed by atoms with van der Waals surface area (Å²) in [5.74, 6) is -1.95. The molecule has 0 saturated heterocycles. The van der Waals surface area contributed by atoms with Gasteiger partial charge in [0.05, 0.1) is 24.3 Å². The van der Waals surface area contributed by atoms with Crippen molar-refractivity contribution in [3.63, 3.8) is 0 Å². The van der Waals surface area contributed by atoms with Crippen molar-refractivity contribution in [2.24, 2.45) is 0 Å². The summed E-state index contributed by atoms with van der Waals surface area (Å²) in [6.07, 6.45) is 4.71.